The number of aryl methyl sites for hydroxylation is 1. The summed E-state index contributed by atoms with van der Waals surface area (Å²) in [6.45, 7) is 5.86. The monoisotopic (exact) mass is 375 g/mol. The molecule has 0 atom stereocenters. The van der Waals surface area contributed by atoms with Crippen molar-refractivity contribution < 1.29 is 4.79 Å². The molecule has 1 aliphatic rings. The largest absolute Gasteiger partial charge is 0.338 e. The summed E-state index contributed by atoms with van der Waals surface area (Å²) >= 11 is 5.95. The number of aromatic nitrogens is 2. The minimum absolute atomic E-state index is 0.0406. The number of hydrogen-bond donors (Lipinski definition) is 1. The van der Waals surface area contributed by atoms with Gasteiger partial charge in [-0.15, -0.1) is 0 Å². The number of urea groups is 1. The molecule has 0 saturated carbocycles. The smallest absolute Gasteiger partial charge is 0.317 e. The third-order valence-corrected chi connectivity index (χ3v) is 4.85. The molecule has 1 fully saturated rings. The molecule has 140 valence electrons. The molecule has 2 amide bonds. The molecule has 1 aromatic carbocycles. The van der Waals surface area contributed by atoms with Gasteiger partial charge in [0.1, 0.15) is 0 Å². The summed E-state index contributed by atoms with van der Waals surface area (Å²) in [7, 11) is 0. The van der Waals surface area contributed by atoms with E-state index in [2.05, 4.69) is 27.4 Å². The van der Waals surface area contributed by atoms with Gasteiger partial charge in [-0.25, -0.2) is 4.79 Å². The maximum Gasteiger partial charge on any atom is 0.317 e. The van der Waals surface area contributed by atoms with Gasteiger partial charge in [-0.05, 0) is 36.6 Å². The zero-order valence-electron chi connectivity index (χ0n) is 15.0. The van der Waals surface area contributed by atoms with Crippen molar-refractivity contribution in [2.75, 3.05) is 32.7 Å². The molecule has 1 saturated heterocycles. The molecule has 2 heterocycles. The molecule has 0 unspecified atom stereocenters. The van der Waals surface area contributed by atoms with Crippen LogP contribution in [0, 0.1) is 0 Å². The lowest BCUT2D eigenvalue weighted by atomic mass is 10.2. The molecular formula is C19H26ClN5O. The van der Waals surface area contributed by atoms with Crippen LogP contribution in [0.1, 0.15) is 18.4 Å². The molecular weight excluding hydrogens is 350 g/mol. The minimum Gasteiger partial charge on any atom is -0.338 e. The Morgan fingerprint density at radius 1 is 1.15 bits per heavy atom. The molecule has 0 aliphatic carbocycles. The van der Waals surface area contributed by atoms with E-state index >= 15 is 0 Å². The van der Waals surface area contributed by atoms with E-state index in [9.17, 15) is 4.79 Å². The van der Waals surface area contributed by atoms with Gasteiger partial charge in [-0.2, -0.15) is 5.10 Å². The van der Waals surface area contributed by atoms with Gasteiger partial charge >= 0.3 is 6.03 Å². The first kappa shape index (κ1) is 18.7. The molecule has 0 spiro atoms. The van der Waals surface area contributed by atoms with E-state index in [-0.39, 0.29) is 6.03 Å². The van der Waals surface area contributed by atoms with Crippen LogP contribution in [0.5, 0.6) is 0 Å². The summed E-state index contributed by atoms with van der Waals surface area (Å²) in [6.07, 6.45) is 5.58. The van der Waals surface area contributed by atoms with Crippen molar-refractivity contribution in [2.45, 2.75) is 25.9 Å². The summed E-state index contributed by atoms with van der Waals surface area (Å²) in [5.41, 5.74) is 1.26. The number of carbonyl (C=O) groups is 1. The summed E-state index contributed by atoms with van der Waals surface area (Å²) in [5.74, 6) is 0. The van der Waals surface area contributed by atoms with E-state index in [1.54, 1.807) is 6.20 Å². The van der Waals surface area contributed by atoms with Crippen LogP contribution in [-0.2, 0) is 13.1 Å². The Morgan fingerprint density at radius 3 is 2.77 bits per heavy atom. The second-order valence-electron chi connectivity index (χ2n) is 6.60. The quantitative estimate of drug-likeness (QED) is 0.790. The van der Waals surface area contributed by atoms with Crippen LogP contribution in [0.3, 0.4) is 0 Å². The van der Waals surface area contributed by atoms with Crippen molar-refractivity contribution in [1.29, 1.82) is 0 Å². The molecule has 0 radical (unpaired) electrons. The first-order valence-corrected chi connectivity index (χ1v) is 9.55. The van der Waals surface area contributed by atoms with Gasteiger partial charge in [-0.3, -0.25) is 9.58 Å². The number of nitrogens with one attached hydrogen (secondary N) is 1. The van der Waals surface area contributed by atoms with Crippen LogP contribution >= 0.6 is 11.6 Å². The predicted molar refractivity (Wildman–Crippen MR) is 103 cm³/mol. The van der Waals surface area contributed by atoms with Crippen molar-refractivity contribution in [3.05, 3.63) is 53.3 Å². The zero-order chi connectivity index (χ0) is 18.2. The first-order chi connectivity index (χ1) is 12.7. The Morgan fingerprint density at radius 2 is 2.00 bits per heavy atom. The molecule has 2 aromatic rings. The van der Waals surface area contributed by atoms with Crippen molar-refractivity contribution >= 4 is 17.6 Å². The van der Waals surface area contributed by atoms with Gasteiger partial charge < -0.3 is 10.2 Å². The molecule has 0 bridgehead atoms. The van der Waals surface area contributed by atoms with E-state index in [1.165, 1.54) is 5.56 Å². The van der Waals surface area contributed by atoms with Crippen LogP contribution in [0.2, 0.25) is 5.02 Å². The van der Waals surface area contributed by atoms with E-state index in [4.69, 9.17) is 11.6 Å². The average molecular weight is 376 g/mol. The van der Waals surface area contributed by atoms with Gasteiger partial charge in [0.15, 0.2) is 0 Å². The highest BCUT2D eigenvalue weighted by Gasteiger charge is 2.18. The highest BCUT2D eigenvalue weighted by Crippen LogP contribution is 2.13. The molecule has 6 nitrogen and oxygen atoms in total. The summed E-state index contributed by atoms with van der Waals surface area (Å²) < 4.78 is 1.88. The first-order valence-electron chi connectivity index (χ1n) is 9.18. The lowest BCUT2D eigenvalue weighted by molar-refractivity contribution is 0.197. The van der Waals surface area contributed by atoms with Gasteiger partial charge in [0.25, 0.3) is 0 Å². The van der Waals surface area contributed by atoms with Crippen LogP contribution in [0.15, 0.2) is 42.7 Å². The Kier molecular flexibility index (Phi) is 6.91. The van der Waals surface area contributed by atoms with Crippen LogP contribution < -0.4 is 5.32 Å². The maximum absolute atomic E-state index is 12.4. The number of rotatable bonds is 6. The predicted octanol–water partition coefficient (Wildman–Crippen LogP) is 2.84. The Balaban J connectivity index is 1.38. The molecule has 7 heteroatoms. The van der Waals surface area contributed by atoms with Crippen molar-refractivity contribution in [3.63, 3.8) is 0 Å². The van der Waals surface area contributed by atoms with Gasteiger partial charge in [0.05, 0.1) is 0 Å². The third-order valence-electron chi connectivity index (χ3n) is 4.59. The molecule has 26 heavy (non-hydrogen) atoms. The Bertz CT molecular complexity index is 674. The second-order valence-corrected chi connectivity index (χ2v) is 7.03. The van der Waals surface area contributed by atoms with Crippen molar-refractivity contribution in [1.82, 2.24) is 24.9 Å². The molecule has 1 aliphatic heterocycles. The minimum atomic E-state index is 0.0406. The zero-order valence-corrected chi connectivity index (χ0v) is 15.7. The van der Waals surface area contributed by atoms with Gasteiger partial charge in [-0.1, -0.05) is 23.7 Å². The highest BCUT2D eigenvalue weighted by molar-refractivity contribution is 6.30. The number of hydrogen-bond acceptors (Lipinski definition) is 3. The number of carbonyl (C=O) groups excluding carboxylic acids is 1. The fraction of sp³-hybridized carbons (Fsp3) is 0.474. The summed E-state index contributed by atoms with van der Waals surface area (Å²) in [5, 5.41) is 7.95. The normalized spacial score (nSPS) is 15.7. The topological polar surface area (TPSA) is 53.4 Å². The number of halogens is 1. The second kappa shape index (κ2) is 9.59. The highest BCUT2D eigenvalue weighted by atomic mass is 35.5. The SMILES string of the molecule is O=C(NCCCn1cccn1)N1CCCN(Cc2ccc(Cl)cc2)CC1. The maximum atomic E-state index is 12.4. The molecule has 1 N–H and O–H groups in total. The van der Waals surface area contributed by atoms with E-state index in [1.807, 2.05) is 34.0 Å². The van der Waals surface area contributed by atoms with Crippen LogP contribution in [0.25, 0.3) is 0 Å². The van der Waals surface area contributed by atoms with E-state index in [0.29, 0.717) is 6.54 Å². The van der Waals surface area contributed by atoms with Crippen LogP contribution in [-0.4, -0.2) is 58.3 Å². The molecule has 3 rings (SSSR count). The van der Waals surface area contributed by atoms with Gasteiger partial charge in [0, 0.05) is 63.2 Å². The van der Waals surface area contributed by atoms with Gasteiger partial charge in [0.2, 0.25) is 0 Å². The summed E-state index contributed by atoms with van der Waals surface area (Å²) in [6, 6.07) is 9.94. The fourth-order valence-corrected chi connectivity index (χ4v) is 3.29. The average Bonchev–Trinajstić information content (AvgIpc) is 3.05. The third kappa shape index (κ3) is 5.75. The number of amides is 2. The van der Waals surface area contributed by atoms with Crippen molar-refractivity contribution in [2.24, 2.45) is 0 Å². The van der Waals surface area contributed by atoms with Crippen LogP contribution in [0.4, 0.5) is 4.79 Å². The van der Waals surface area contributed by atoms with E-state index < -0.39 is 0 Å². The number of benzene rings is 1. The van der Waals surface area contributed by atoms with E-state index in [0.717, 1.165) is 57.1 Å². The Hall–Kier alpha value is -2.05. The lowest BCUT2D eigenvalue weighted by Gasteiger charge is -2.22. The summed E-state index contributed by atoms with van der Waals surface area (Å²) in [4.78, 5) is 16.7. The lowest BCUT2D eigenvalue weighted by Crippen LogP contribution is -2.42. The molecule has 1 aromatic heterocycles. The fourth-order valence-electron chi connectivity index (χ4n) is 3.16. The van der Waals surface area contributed by atoms with Crippen molar-refractivity contribution in [3.8, 4) is 0 Å². The Labute approximate surface area is 159 Å². The standard InChI is InChI=1S/C19H26ClN5O/c20-18-6-4-17(5-7-18)16-23-10-3-11-24(15-14-23)19(26)21-8-1-12-25-13-2-9-22-25/h2,4-7,9,13H,1,3,8,10-12,14-16H2,(H,21,26). The number of nitrogens with zero attached hydrogens (tertiary/aromatic N) is 4.